The second-order valence-electron chi connectivity index (χ2n) is 4.43. The zero-order chi connectivity index (χ0) is 13.0. The van der Waals surface area contributed by atoms with Crippen LogP contribution in [-0.2, 0) is 10.0 Å². The Morgan fingerprint density at radius 3 is 2.67 bits per heavy atom. The van der Waals surface area contributed by atoms with Crippen LogP contribution in [0.5, 0.6) is 0 Å². The molecule has 2 rings (SSSR count). The molecule has 1 saturated heterocycles. The third kappa shape index (κ3) is 3.78. The number of hydrogen-bond donors (Lipinski definition) is 2. The van der Waals surface area contributed by atoms with Crippen molar-refractivity contribution in [3.05, 3.63) is 28.7 Å². The van der Waals surface area contributed by atoms with E-state index < -0.39 is 10.0 Å². The van der Waals surface area contributed by atoms with Gasteiger partial charge in [-0.15, -0.1) is 0 Å². The van der Waals surface area contributed by atoms with Crippen LogP contribution in [0.1, 0.15) is 19.3 Å². The molecule has 0 aliphatic carbocycles. The Balaban J connectivity index is 1.88. The minimum absolute atomic E-state index is 0.310. The summed E-state index contributed by atoms with van der Waals surface area (Å²) in [7, 11) is -3.37. The van der Waals surface area contributed by atoms with E-state index in [0.717, 1.165) is 23.9 Å². The minimum atomic E-state index is -3.37. The van der Waals surface area contributed by atoms with E-state index in [1.165, 1.54) is 6.42 Å². The first-order valence-corrected chi connectivity index (χ1v) is 8.34. The van der Waals surface area contributed by atoms with Gasteiger partial charge < -0.3 is 5.32 Å². The Morgan fingerprint density at radius 2 is 2.06 bits per heavy atom. The van der Waals surface area contributed by atoms with Gasteiger partial charge in [0.15, 0.2) is 0 Å². The molecule has 0 aromatic heterocycles. The molecule has 1 atom stereocenters. The van der Waals surface area contributed by atoms with Crippen LogP contribution < -0.4 is 10.0 Å². The lowest BCUT2D eigenvalue weighted by atomic mass is 10.2. The van der Waals surface area contributed by atoms with Crippen molar-refractivity contribution in [1.82, 2.24) is 10.0 Å². The molecule has 6 heteroatoms. The molecule has 1 aromatic rings. The topological polar surface area (TPSA) is 58.2 Å². The first kappa shape index (κ1) is 14.0. The number of sulfonamides is 1. The molecule has 1 aromatic carbocycles. The Morgan fingerprint density at radius 1 is 1.33 bits per heavy atom. The lowest BCUT2D eigenvalue weighted by Gasteiger charge is -2.11. The Hall–Kier alpha value is -0.430. The van der Waals surface area contributed by atoms with Gasteiger partial charge in [-0.2, -0.15) is 0 Å². The van der Waals surface area contributed by atoms with Crippen molar-refractivity contribution in [2.45, 2.75) is 30.2 Å². The number of halogens is 1. The summed E-state index contributed by atoms with van der Waals surface area (Å²) in [6.07, 6.45) is 3.17. The molecule has 1 aliphatic rings. The molecule has 1 aliphatic heterocycles. The summed E-state index contributed by atoms with van der Waals surface area (Å²) in [6.45, 7) is 1.53. The van der Waals surface area contributed by atoms with Crippen LogP contribution in [0.25, 0.3) is 0 Å². The lowest BCUT2D eigenvalue weighted by molar-refractivity contribution is 0.539. The van der Waals surface area contributed by atoms with Crippen LogP contribution in [0.3, 0.4) is 0 Å². The molecule has 4 nitrogen and oxygen atoms in total. The highest BCUT2D eigenvalue weighted by molar-refractivity contribution is 9.10. The summed E-state index contributed by atoms with van der Waals surface area (Å²) in [4.78, 5) is 0.310. The van der Waals surface area contributed by atoms with Crippen molar-refractivity contribution in [3.63, 3.8) is 0 Å². The number of benzene rings is 1. The van der Waals surface area contributed by atoms with E-state index in [1.54, 1.807) is 24.3 Å². The van der Waals surface area contributed by atoms with Crippen LogP contribution in [0.15, 0.2) is 33.6 Å². The van der Waals surface area contributed by atoms with Crippen molar-refractivity contribution in [2.75, 3.05) is 13.1 Å². The predicted octanol–water partition coefficient (Wildman–Crippen LogP) is 1.87. The maximum atomic E-state index is 12.0. The zero-order valence-corrected chi connectivity index (χ0v) is 12.4. The molecule has 1 fully saturated rings. The van der Waals surface area contributed by atoms with Crippen molar-refractivity contribution >= 4 is 26.0 Å². The smallest absolute Gasteiger partial charge is 0.240 e. The van der Waals surface area contributed by atoms with Gasteiger partial charge in [0.2, 0.25) is 10.0 Å². The van der Waals surface area contributed by atoms with Crippen LogP contribution >= 0.6 is 15.9 Å². The summed E-state index contributed by atoms with van der Waals surface area (Å²) in [5.41, 5.74) is 0. The third-order valence-electron chi connectivity index (χ3n) is 3.07. The van der Waals surface area contributed by atoms with Gasteiger partial charge in [-0.25, -0.2) is 13.1 Å². The maximum absolute atomic E-state index is 12.0. The molecule has 2 N–H and O–H groups in total. The highest BCUT2D eigenvalue weighted by Gasteiger charge is 2.16. The molecule has 0 unspecified atom stereocenters. The zero-order valence-electron chi connectivity index (χ0n) is 10.0. The molecule has 18 heavy (non-hydrogen) atoms. The van der Waals surface area contributed by atoms with E-state index in [1.807, 2.05) is 0 Å². The SMILES string of the molecule is O=S(=O)(NCC[C@@H]1CCCN1)c1ccc(Br)cc1. The normalized spacial score (nSPS) is 20.2. The van der Waals surface area contributed by atoms with E-state index in [4.69, 9.17) is 0 Å². The number of nitrogens with one attached hydrogen (secondary N) is 2. The first-order valence-electron chi connectivity index (χ1n) is 6.06. The Bertz CT molecular complexity index is 481. The quantitative estimate of drug-likeness (QED) is 0.865. The summed E-state index contributed by atoms with van der Waals surface area (Å²) < 4.78 is 27.5. The highest BCUT2D eigenvalue weighted by atomic mass is 79.9. The maximum Gasteiger partial charge on any atom is 0.240 e. The van der Waals surface area contributed by atoms with Gasteiger partial charge in [-0.1, -0.05) is 15.9 Å². The largest absolute Gasteiger partial charge is 0.314 e. The summed E-state index contributed by atoms with van der Waals surface area (Å²) in [5.74, 6) is 0. The van der Waals surface area contributed by atoms with Crippen LogP contribution in [-0.4, -0.2) is 27.5 Å². The Labute approximate surface area is 116 Å². The standard InChI is InChI=1S/C12H17BrN2O2S/c13-10-3-5-12(6-4-10)18(16,17)15-9-7-11-2-1-8-14-11/h3-6,11,14-15H,1-2,7-9H2/t11-/m0/s1. The van der Waals surface area contributed by atoms with Gasteiger partial charge in [0, 0.05) is 17.1 Å². The third-order valence-corrected chi connectivity index (χ3v) is 5.08. The summed E-state index contributed by atoms with van der Waals surface area (Å²) in [5, 5.41) is 3.35. The molecule has 0 saturated carbocycles. The van der Waals surface area contributed by atoms with Crippen molar-refractivity contribution in [2.24, 2.45) is 0 Å². The van der Waals surface area contributed by atoms with Crippen molar-refractivity contribution in [1.29, 1.82) is 0 Å². The van der Waals surface area contributed by atoms with Gasteiger partial charge in [-0.3, -0.25) is 0 Å². The fraction of sp³-hybridized carbons (Fsp3) is 0.500. The Kier molecular flexibility index (Phi) is 4.77. The van der Waals surface area contributed by atoms with Crippen LogP contribution in [0.2, 0.25) is 0 Å². The fourth-order valence-electron chi connectivity index (χ4n) is 2.07. The van der Waals surface area contributed by atoms with Crippen LogP contribution in [0.4, 0.5) is 0 Å². The first-order chi connectivity index (χ1) is 8.58. The highest BCUT2D eigenvalue weighted by Crippen LogP contribution is 2.14. The van der Waals surface area contributed by atoms with Gasteiger partial charge in [0.1, 0.15) is 0 Å². The molecular weight excluding hydrogens is 316 g/mol. The van der Waals surface area contributed by atoms with E-state index in [-0.39, 0.29) is 0 Å². The molecule has 0 radical (unpaired) electrons. The molecule has 100 valence electrons. The van der Waals surface area contributed by atoms with Crippen molar-refractivity contribution < 1.29 is 8.42 Å². The van der Waals surface area contributed by atoms with E-state index in [9.17, 15) is 8.42 Å². The van der Waals surface area contributed by atoms with Crippen molar-refractivity contribution in [3.8, 4) is 0 Å². The molecular formula is C12H17BrN2O2S. The van der Waals surface area contributed by atoms with Crippen LogP contribution in [0, 0.1) is 0 Å². The fourth-order valence-corrected chi connectivity index (χ4v) is 3.38. The van der Waals surface area contributed by atoms with Gasteiger partial charge in [0.25, 0.3) is 0 Å². The average molecular weight is 333 g/mol. The minimum Gasteiger partial charge on any atom is -0.314 e. The molecule has 0 spiro atoms. The van der Waals surface area contributed by atoms with E-state index >= 15 is 0 Å². The number of rotatable bonds is 5. The molecule has 0 amide bonds. The second-order valence-corrected chi connectivity index (χ2v) is 7.12. The predicted molar refractivity (Wildman–Crippen MR) is 75.0 cm³/mol. The van der Waals surface area contributed by atoms with Gasteiger partial charge >= 0.3 is 0 Å². The molecule has 1 heterocycles. The van der Waals surface area contributed by atoms with Gasteiger partial charge in [0.05, 0.1) is 4.90 Å². The second kappa shape index (κ2) is 6.14. The molecule has 0 bridgehead atoms. The number of hydrogen-bond acceptors (Lipinski definition) is 3. The summed E-state index contributed by atoms with van der Waals surface area (Å²) >= 11 is 3.29. The summed E-state index contributed by atoms with van der Waals surface area (Å²) in [6, 6.07) is 7.11. The van der Waals surface area contributed by atoms with Gasteiger partial charge in [-0.05, 0) is 50.1 Å². The van der Waals surface area contributed by atoms with E-state index in [2.05, 4.69) is 26.0 Å². The van der Waals surface area contributed by atoms with E-state index in [0.29, 0.717) is 17.5 Å². The monoisotopic (exact) mass is 332 g/mol. The lowest BCUT2D eigenvalue weighted by Crippen LogP contribution is -2.30. The average Bonchev–Trinajstić information content (AvgIpc) is 2.82.